The van der Waals surface area contributed by atoms with Crippen molar-refractivity contribution in [3.63, 3.8) is 0 Å². The molecular formula is C27H28Br3ClF6N2O6. The molecule has 2 N–H and O–H groups in total. The Balaban J connectivity index is -0.000000539. The van der Waals surface area contributed by atoms with Gasteiger partial charge in [0.15, 0.2) is 41.2 Å². The third kappa shape index (κ3) is 15.1. The molecule has 0 saturated heterocycles. The minimum absolute atomic E-state index is 0. The molecule has 0 spiro atoms. The number of amides is 1. The summed E-state index contributed by atoms with van der Waals surface area (Å²) in [6.07, 6.45) is 0.451. The maximum atomic E-state index is 13.1. The van der Waals surface area contributed by atoms with Crippen LogP contribution in [0, 0.1) is 34.9 Å². The van der Waals surface area contributed by atoms with Crippen molar-refractivity contribution in [1.29, 1.82) is 0 Å². The fourth-order valence-electron chi connectivity index (χ4n) is 2.27. The number of benzene rings is 3. The average molecular weight is 866 g/mol. The van der Waals surface area contributed by atoms with Crippen LogP contribution in [-0.2, 0) is 9.68 Å². The minimum Gasteiger partial charge on any atom is -0.478 e. The first-order chi connectivity index (χ1) is 20.6. The van der Waals surface area contributed by atoms with Crippen molar-refractivity contribution < 1.29 is 55.5 Å². The number of nitrogens with one attached hydrogen (secondary N) is 1. The number of hydroxylamine groups is 3. The van der Waals surface area contributed by atoms with Crippen molar-refractivity contribution >= 4 is 78.4 Å². The van der Waals surface area contributed by atoms with Crippen LogP contribution in [0.5, 0.6) is 0 Å². The third-order valence-electron chi connectivity index (χ3n) is 4.49. The maximum absolute atomic E-state index is 13.1. The highest BCUT2D eigenvalue weighted by atomic mass is 79.9. The minimum atomic E-state index is -1.30. The smallest absolute Gasteiger partial charge is 0.336 e. The maximum Gasteiger partial charge on any atom is 0.336 e. The number of carboxylic acid groups (broad SMARTS) is 1. The molecule has 1 amide bonds. The molecule has 0 heterocycles. The van der Waals surface area contributed by atoms with Crippen molar-refractivity contribution in [3.05, 3.63) is 101 Å². The number of hydrogen-bond acceptors (Lipinski definition) is 6. The van der Waals surface area contributed by atoms with Crippen LogP contribution in [-0.4, -0.2) is 56.6 Å². The van der Waals surface area contributed by atoms with Gasteiger partial charge >= 0.3 is 5.97 Å². The van der Waals surface area contributed by atoms with E-state index in [2.05, 4.69) is 62.9 Å². The summed E-state index contributed by atoms with van der Waals surface area (Å²) in [6.45, 7) is 4.00. The Labute approximate surface area is 286 Å². The Bertz CT molecular complexity index is 1410. The SMILES string of the molecule is CC.CNOC.CON(C)C(=O)c1ccc(F)c(F)c1Br.Cl.O=C(O)c1ccc(F)c(F)c1Br.O=Cc1ccc(F)c(F)c1Br. The van der Waals surface area contributed by atoms with Gasteiger partial charge in [-0.1, -0.05) is 13.8 Å². The summed E-state index contributed by atoms with van der Waals surface area (Å²) in [5.74, 6) is -8.24. The normalized spacial score (nSPS) is 9.22. The molecule has 0 fully saturated rings. The molecule has 0 aliphatic carbocycles. The van der Waals surface area contributed by atoms with E-state index < -0.39 is 46.8 Å². The quantitative estimate of drug-likeness (QED) is 0.115. The summed E-state index contributed by atoms with van der Waals surface area (Å²) >= 11 is 8.19. The standard InChI is InChI=1S/C9H8BrF2NO2.C7H3BrF2O2.C7H3BrF2O.C2H7NO.C2H6.ClH/c1-13(15-2)9(14)5-3-4-6(11)8(12)7(5)10;8-5-3(7(11)12)1-2-4(9)6(5)10;8-6-4(3-11)1-2-5(9)7(6)10;1-3-4-2;1-2;/h3-4H,1-2H3;1-2H,(H,11,12);1-3H;3H,1-2H3;1-2H3;1H. The van der Waals surface area contributed by atoms with E-state index in [1.165, 1.54) is 26.3 Å². The Morgan fingerprint density at radius 2 is 1.13 bits per heavy atom. The van der Waals surface area contributed by atoms with E-state index in [-0.39, 0.29) is 42.5 Å². The number of hydrogen-bond donors (Lipinski definition) is 2. The van der Waals surface area contributed by atoms with Gasteiger partial charge in [-0.15, -0.1) is 12.4 Å². The molecule has 3 aromatic rings. The van der Waals surface area contributed by atoms with Gasteiger partial charge in [-0.05, 0) is 84.2 Å². The molecule has 0 aliphatic rings. The van der Waals surface area contributed by atoms with Gasteiger partial charge in [0, 0.05) is 19.7 Å². The number of carbonyl (C=O) groups is 3. The van der Waals surface area contributed by atoms with Crippen LogP contribution in [0.1, 0.15) is 44.9 Å². The summed E-state index contributed by atoms with van der Waals surface area (Å²) in [4.78, 5) is 41.0. The van der Waals surface area contributed by atoms with E-state index in [1.807, 2.05) is 13.8 Å². The number of carbonyl (C=O) groups excluding carboxylic acids is 2. The summed E-state index contributed by atoms with van der Waals surface area (Å²) in [6, 6.07) is 5.94. The highest BCUT2D eigenvalue weighted by Crippen LogP contribution is 2.25. The van der Waals surface area contributed by atoms with Gasteiger partial charge in [-0.25, -0.2) is 41.7 Å². The lowest BCUT2D eigenvalue weighted by atomic mass is 10.2. The number of nitrogens with zero attached hydrogens (tertiary/aromatic N) is 1. The predicted molar refractivity (Wildman–Crippen MR) is 168 cm³/mol. The van der Waals surface area contributed by atoms with Gasteiger partial charge in [-0.2, -0.15) is 0 Å². The summed E-state index contributed by atoms with van der Waals surface area (Å²) < 4.78 is 75.2. The molecule has 0 unspecified atom stereocenters. The highest BCUT2D eigenvalue weighted by Gasteiger charge is 2.19. The van der Waals surface area contributed by atoms with E-state index in [4.69, 9.17) is 5.11 Å². The van der Waals surface area contributed by atoms with Crippen LogP contribution in [0.4, 0.5) is 26.3 Å². The second-order valence-corrected chi connectivity index (χ2v) is 9.41. The number of carboxylic acids is 1. The molecular weight excluding hydrogens is 837 g/mol. The summed E-state index contributed by atoms with van der Waals surface area (Å²) in [5.41, 5.74) is 2.23. The van der Waals surface area contributed by atoms with Crippen molar-refractivity contribution in [3.8, 4) is 0 Å². The van der Waals surface area contributed by atoms with Crippen LogP contribution < -0.4 is 5.48 Å². The van der Waals surface area contributed by atoms with Gasteiger partial charge in [0.1, 0.15) is 0 Å². The van der Waals surface area contributed by atoms with Crippen molar-refractivity contribution in [2.45, 2.75) is 13.8 Å². The number of aromatic carboxylic acids is 1. The zero-order chi connectivity index (χ0) is 34.7. The Hall–Kier alpha value is -2.54. The van der Waals surface area contributed by atoms with Crippen molar-refractivity contribution in [2.75, 3.05) is 28.3 Å². The van der Waals surface area contributed by atoms with Gasteiger partial charge in [-0.3, -0.25) is 14.4 Å². The molecule has 45 heavy (non-hydrogen) atoms. The first-order valence-electron chi connectivity index (χ1n) is 11.7. The Morgan fingerprint density at radius 1 is 0.778 bits per heavy atom. The molecule has 0 aromatic heterocycles. The molecule has 0 aliphatic heterocycles. The van der Waals surface area contributed by atoms with E-state index in [0.29, 0.717) is 6.29 Å². The van der Waals surface area contributed by atoms with E-state index in [9.17, 15) is 40.7 Å². The van der Waals surface area contributed by atoms with Crippen LogP contribution in [0.25, 0.3) is 0 Å². The molecule has 0 radical (unpaired) electrons. The lowest BCUT2D eigenvalue weighted by Crippen LogP contribution is -2.26. The van der Waals surface area contributed by atoms with E-state index in [1.54, 1.807) is 14.2 Å². The molecule has 3 aromatic carbocycles. The highest BCUT2D eigenvalue weighted by molar-refractivity contribution is 9.11. The lowest BCUT2D eigenvalue weighted by Gasteiger charge is -2.14. The Morgan fingerprint density at radius 3 is 1.49 bits per heavy atom. The average Bonchev–Trinajstić information content (AvgIpc) is 3.02. The molecule has 18 heteroatoms. The van der Waals surface area contributed by atoms with Crippen molar-refractivity contribution in [1.82, 2.24) is 10.5 Å². The largest absolute Gasteiger partial charge is 0.478 e. The molecule has 8 nitrogen and oxygen atoms in total. The zero-order valence-corrected chi connectivity index (χ0v) is 29.9. The second-order valence-electron chi connectivity index (χ2n) is 7.03. The number of halogens is 10. The van der Waals surface area contributed by atoms with Crippen molar-refractivity contribution in [2.24, 2.45) is 0 Å². The first kappa shape index (κ1) is 46.9. The molecule has 3 rings (SSSR count). The van der Waals surface area contributed by atoms with Gasteiger partial charge in [0.2, 0.25) is 0 Å². The zero-order valence-electron chi connectivity index (χ0n) is 24.3. The van der Waals surface area contributed by atoms with Gasteiger partial charge < -0.3 is 9.94 Å². The lowest BCUT2D eigenvalue weighted by molar-refractivity contribution is -0.0757. The Kier molecular flexibility index (Phi) is 25.7. The van der Waals surface area contributed by atoms with Gasteiger partial charge in [0.25, 0.3) is 5.91 Å². The fourth-order valence-corrected chi connectivity index (χ4v) is 3.66. The summed E-state index contributed by atoms with van der Waals surface area (Å²) in [5, 5.41) is 9.38. The molecule has 0 saturated carbocycles. The van der Waals surface area contributed by atoms with E-state index in [0.717, 1.165) is 29.3 Å². The third-order valence-corrected chi connectivity index (χ3v) is 6.84. The first-order valence-corrected chi connectivity index (χ1v) is 14.1. The molecule has 252 valence electrons. The van der Waals surface area contributed by atoms with Crippen LogP contribution in [0.2, 0.25) is 0 Å². The molecule has 0 atom stereocenters. The number of aldehydes is 1. The second kappa shape index (κ2) is 24.7. The van der Waals surface area contributed by atoms with E-state index >= 15 is 0 Å². The predicted octanol–water partition coefficient (Wildman–Crippen LogP) is 8.54. The van der Waals surface area contributed by atoms with Crippen LogP contribution >= 0.6 is 60.2 Å². The van der Waals surface area contributed by atoms with Crippen LogP contribution in [0.3, 0.4) is 0 Å². The molecule has 0 bridgehead atoms. The summed E-state index contributed by atoms with van der Waals surface area (Å²) in [7, 11) is 5.95. The monoisotopic (exact) mass is 862 g/mol. The number of rotatable bonds is 5. The van der Waals surface area contributed by atoms with Crippen LogP contribution in [0.15, 0.2) is 49.8 Å². The fraction of sp³-hybridized carbons (Fsp3) is 0.222. The topological polar surface area (TPSA) is 105 Å². The van der Waals surface area contributed by atoms with Gasteiger partial charge in [0.05, 0.1) is 38.8 Å².